The van der Waals surface area contributed by atoms with E-state index in [1.165, 1.54) is 0 Å². The molecule has 1 aliphatic rings. The Morgan fingerprint density at radius 2 is 1.79 bits per heavy atom. The Labute approximate surface area is 121 Å². The van der Waals surface area contributed by atoms with Crippen molar-refractivity contribution in [2.24, 2.45) is 0 Å². The van der Waals surface area contributed by atoms with E-state index in [1.54, 1.807) is 17.0 Å². The summed E-state index contributed by atoms with van der Waals surface area (Å²) < 4.78 is 11.3. The van der Waals surface area contributed by atoms with Gasteiger partial charge in [0.25, 0.3) is 5.91 Å². The fourth-order valence-electron chi connectivity index (χ4n) is 2.14. The van der Waals surface area contributed by atoms with Crippen LogP contribution >= 0.6 is 11.6 Å². The molecular formula is C14H18ClNO2S. The summed E-state index contributed by atoms with van der Waals surface area (Å²) in [5.74, 6) is -0.208. The Bertz CT molecular complexity index is 469. The fourth-order valence-corrected chi connectivity index (χ4v) is 3.56. The molecule has 1 amide bonds. The zero-order chi connectivity index (χ0) is 13.8. The third kappa shape index (κ3) is 3.57. The second kappa shape index (κ2) is 6.53. The summed E-state index contributed by atoms with van der Waals surface area (Å²) in [6.07, 6.45) is 3.16. The minimum Gasteiger partial charge on any atom is -0.341 e. The smallest absolute Gasteiger partial charge is 0.253 e. The van der Waals surface area contributed by atoms with Crippen LogP contribution in [-0.2, 0) is 15.6 Å². The predicted octanol–water partition coefficient (Wildman–Crippen LogP) is 2.68. The molecule has 19 heavy (non-hydrogen) atoms. The maximum atomic E-state index is 12.3. The van der Waals surface area contributed by atoms with Gasteiger partial charge in [0.15, 0.2) is 4.71 Å². The molecular weight excluding hydrogens is 282 g/mol. The number of hydrogen-bond donors (Lipinski definition) is 0. The highest BCUT2D eigenvalue weighted by atomic mass is 35.5. The van der Waals surface area contributed by atoms with Crippen LogP contribution in [0.2, 0.25) is 0 Å². The van der Waals surface area contributed by atoms with Crippen molar-refractivity contribution >= 4 is 28.3 Å². The summed E-state index contributed by atoms with van der Waals surface area (Å²) in [6, 6.07) is 7.29. The van der Waals surface area contributed by atoms with Gasteiger partial charge < -0.3 is 4.90 Å². The topological polar surface area (TPSA) is 37.4 Å². The monoisotopic (exact) mass is 299 g/mol. The molecule has 0 N–H and O–H groups in total. The van der Waals surface area contributed by atoms with Gasteiger partial charge in [-0.1, -0.05) is 29.3 Å². The maximum Gasteiger partial charge on any atom is 0.253 e. The molecule has 1 saturated heterocycles. The first-order chi connectivity index (χ1) is 9.09. The van der Waals surface area contributed by atoms with E-state index in [-0.39, 0.29) is 5.91 Å². The van der Waals surface area contributed by atoms with Crippen molar-refractivity contribution in [3.8, 4) is 0 Å². The Kier molecular flexibility index (Phi) is 4.99. The number of amides is 1. The van der Waals surface area contributed by atoms with Gasteiger partial charge in [-0.25, -0.2) is 0 Å². The molecule has 3 nitrogen and oxygen atoms in total. The van der Waals surface area contributed by atoms with Gasteiger partial charge in [-0.15, -0.1) is 0 Å². The summed E-state index contributed by atoms with van der Waals surface area (Å²) in [4.78, 5) is 14.5. The van der Waals surface area contributed by atoms with E-state index in [2.05, 4.69) is 0 Å². The van der Waals surface area contributed by atoms with Gasteiger partial charge in [-0.3, -0.25) is 9.00 Å². The van der Waals surface area contributed by atoms with Crippen molar-refractivity contribution in [1.29, 1.82) is 0 Å². The molecule has 2 unspecified atom stereocenters. The largest absolute Gasteiger partial charge is 0.341 e. The van der Waals surface area contributed by atoms with Crippen molar-refractivity contribution < 1.29 is 9.00 Å². The van der Waals surface area contributed by atoms with Crippen molar-refractivity contribution in [2.75, 3.05) is 13.1 Å². The molecule has 1 aromatic rings. The first kappa shape index (κ1) is 14.5. The molecule has 1 heterocycles. The molecule has 104 valence electrons. The second-order valence-electron chi connectivity index (χ2n) is 4.81. The van der Waals surface area contributed by atoms with E-state index in [0.717, 1.165) is 37.9 Å². The van der Waals surface area contributed by atoms with E-state index in [9.17, 15) is 9.00 Å². The minimum absolute atomic E-state index is 0.208. The van der Waals surface area contributed by atoms with Crippen LogP contribution in [0.5, 0.6) is 0 Å². The number of carbonyl (C=O) groups excluding carboxylic acids is 1. The third-order valence-corrected chi connectivity index (χ3v) is 5.29. The van der Waals surface area contributed by atoms with E-state index >= 15 is 0 Å². The van der Waals surface area contributed by atoms with Crippen LogP contribution in [0.25, 0.3) is 0 Å². The number of carbonyl (C=O) groups is 1. The number of likely N-dealkylation sites (tertiary alicyclic amines) is 1. The van der Waals surface area contributed by atoms with Gasteiger partial charge in [0.2, 0.25) is 0 Å². The van der Waals surface area contributed by atoms with Gasteiger partial charge in [0.05, 0.1) is 10.8 Å². The highest BCUT2D eigenvalue weighted by Crippen LogP contribution is 2.19. The Hall–Kier alpha value is -0.870. The number of halogens is 1. The summed E-state index contributed by atoms with van der Waals surface area (Å²) in [5, 5.41) is 0. The average Bonchev–Trinajstić information content (AvgIpc) is 2.46. The van der Waals surface area contributed by atoms with E-state index in [1.807, 2.05) is 19.1 Å². The summed E-state index contributed by atoms with van der Waals surface area (Å²) in [5.41, 5.74) is 1.09. The predicted molar refractivity (Wildman–Crippen MR) is 77.7 cm³/mol. The van der Waals surface area contributed by atoms with Crippen LogP contribution in [0.3, 0.4) is 0 Å². The summed E-state index contributed by atoms with van der Waals surface area (Å²) in [6.45, 7) is 3.42. The number of piperidine rings is 1. The van der Waals surface area contributed by atoms with Gasteiger partial charge in [0.1, 0.15) is 0 Å². The van der Waals surface area contributed by atoms with Crippen LogP contribution in [-0.4, -0.2) is 32.8 Å². The van der Waals surface area contributed by atoms with Crippen molar-refractivity contribution in [3.05, 3.63) is 29.8 Å². The lowest BCUT2D eigenvalue weighted by Crippen LogP contribution is -2.41. The summed E-state index contributed by atoms with van der Waals surface area (Å²) >= 11 is 6.10. The van der Waals surface area contributed by atoms with Crippen LogP contribution in [0.4, 0.5) is 0 Å². The van der Waals surface area contributed by atoms with Gasteiger partial charge in [0, 0.05) is 18.0 Å². The molecule has 0 aliphatic carbocycles. The molecule has 1 aliphatic heterocycles. The van der Waals surface area contributed by atoms with Gasteiger partial charge in [-0.2, -0.15) is 0 Å². The third-order valence-electron chi connectivity index (χ3n) is 3.30. The number of rotatable bonds is 3. The molecule has 2 atom stereocenters. The number of benzene rings is 1. The van der Waals surface area contributed by atoms with E-state index < -0.39 is 15.5 Å². The number of aryl methyl sites for hydroxylation is 1. The summed E-state index contributed by atoms with van der Waals surface area (Å²) in [7, 11) is -1.49. The molecule has 0 radical (unpaired) electrons. The SMILES string of the molecule is Cc1ccc(S(=O)C(Cl)C(=O)N2CCCCC2)cc1. The first-order valence-electron chi connectivity index (χ1n) is 6.49. The normalized spacial score (nSPS) is 18.9. The molecule has 0 spiro atoms. The van der Waals surface area contributed by atoms with Crippen LogP contribution in [0.1, 0.15) is 24.8 Å². The lowest BCUT2D eigenvalue weighted by atomic mass is 10.1. The molecule has 0 bridgehead atoms. The van der Waals surface area contributed by atoms with E-state index in [4.69, 9.17) is 11.6 Å². The van der Waals surface area contributed by atoms with Crippen molar-refractivity contribution in [3.63, 3.8) is 0 Å². The molecule has 1 aromatic carbocycles. The van der Waals surface area contributed by atoms with Gasteiger partial charge in [-0.05, 0) is 38.3 Å². The molecule has 0 saturated carbocycles. The maximum absolute atomic E-state index is 12.3. The standard InChI is InChI=1S/C14H18ClNO2S/c1-11-5-7-12(8-6-11)19(18)13(15)14(17)16-9-3-2-4-10-16/h5-8,13H,2-4,9-10H2,1H3. The molecule has 5 heteroatoms. The average molecular weight is 300 g/mol. The number of hydrogen-bond acceptors (Lipinski definition) is 2. The lowest BCUT2D eigenvalue weighted by Gasteiger charge is -2.28. The second-order valence-corrected chi connectivity index (χ2v) is 7.05. The number of alkyl halides is 1. The lowest BCUT2D eigenvalue weighted by molar-refractivity contribution is -0.130. The fraction of sp³-hybridized carbons (Fsp3) is 0.500. The van der Waals surface area contributed by atoms with E-state index in [0.29, 0.717) is 4.90 Å². The van der Waals surface area contributed by atoms with Crippen LogP contribution in [0.15, 0.2) is 29.2 Å². The Morgan fingerprint density at radius 1 is 1.21 bits per heavy atom. The number of nitrogens with zero attached hydrogens (tertiary/aromatic N) is 1. The molecule has 1 fully saturated rings. The minimum atomic E-state index is -1.49. The zero-order valence-corrected chi connectivity index (χ0v) is 12.5. The first-order valence-corrected chi connectivity index (χ1v) is 8.14. The van der Waals surface area contributed by atoms with Crippen molar-refractivity contribution in [2.45, 2.75) is 35.8 Å². The highest BCUT2D eigenvalue weighted by molar-refractivity contribution is 7.88. The van der Waals surface area contributed by atoms with Gasteiger partial charge >= 0.3 is 0 Å². The molecule has 0 aromatic heterocycles. The Balaban J connectivity index is 2.05. The van der Waals surface area contributed by atoms with Crippen LogP contribution in [0, 0.1) is 6.92 Å². The highest BCUT2D eigenvalue weighted by Gasteiger charge is 2.29. The quantitative estimate of drug-likeness (QED) is 0.805. The van der Waals surface area contributed by atoms with Crippen LogP contribution < -0.4 is 0 Å². The van der Waals surface area contributed by atoms with Crippen molar-refractivity contribution in [1.82, 2.24) is 4.90 Å². The Morgan fingerprint density at radius 3 is 2.37 bits per heavy atom. The molecule has 2 rings (SSSR count). The zero-order valence-electron chi connectivity index (χ0n) is 11.0.